The van der Waals surface area contributed by atoms with Crippen LogP contribution in [-0.4, -0.2) is 53.3 Å². The number of para-hydroxylation sites is 2. The van der Waals surface area contributed by atoms with Gasteiger partial charge in [0, 0.05) is 25.7 Å². The summed E-state index contributed by atoms with van der Waals surface area (Å²) in [6, 6.07) is 19.7. The molecule has 188 valence electrons. The molecule has 0 unspecified atom stereocenters. The number of hydrogen-bond donors (Lipinski definition) is 1. The first-order valence-electron chi connectivity index (χ1n) is 12.1. The lowest BCUT2D eigenvalue weighted by molar-refractivity contribution is 0.134. The molecule has 0 spiro atoms. The van der Waals surface area contributed by atoms with Crippen molar-refractivity contribution in [2.75, 3.05) is 32.0 Å². The Hall–Kier alpha value is -2.12. The summed E-state index contributed by atoms with van der Waals surface area (Å²) in [6.07, 6.45) is 5.64. The maximum Gasteiger partial charge on any atom is 0.158 e. The van der Waals surface area contributed by atoms with Crippen LogP contribution in [0.4, 0.5) is 16.4 Å². The van der Waals surface area contributed by atoms with Crippen molar-refractivity contribution in [1.82, 2.24) is 14.8 Å². The zero-order valence-corrected chi connectivity index (χ0v) is 22.9. The number of amidine groups is 1. The number of rotatable bonds is 6. The molecule has 2 aliphatic rings. The van der Waals surface area contributed by atoms with Crippen LogP contribution in [0.15, 0.2) is 59.6 Å². The minimum Gasteiger partial charge on any atom is -0.352 e. The van der Waals surface area contributed by atoms with Gasteiger partial charge in [-0.05, 0) is 50.4 Å². The molecule has 0 bridgehead atoms. The molecule has 5 nitrogen and oxygen atoms in total. The van der Waals surface area contributed by atoms with Crippen LogP contribution in [0.2, 0.25) is 0 Å². The zero-order chi connectivity index (χ0) is 22.6. The molecule has 35 heavy (non-hydrogen) atoms. The van der Waals surface area contributed by atoms with Crippen LogP contribution in [0.25, 0.3) is 0 Å². The highest BCUT2D eigenvalue weighted by Crippen LogP contribution is 2.38. The first kappa shape index (κ1) is 27.5. The molecule has 1 atom stereocenters. The Morgan fingerprint density at radius 2 is 1.77 bits per heavy atom. The summed E-state index contributed by atoms with van der Waals surface area (Å²) < 4.78 is 0. The number of nitrogens with zero attached hydrogens (tertiary/aromatic N) is 4. The summed E-state index contributed by atoms with van der Waals surface area (Å²) >= 11 is 1.79. The molecule has 3 aromatic rings. The monoisotopic (exact) mass is 531 g/mol. The lowest BCUT2D eigenvalue weighted by atomic mass is 10.0. The van der Waals surface area contributed by atoms with Gasteiger partial charge >= 0.3 is 0 Å². The topological polar surface area (TPSA) is 43.8 Å². The molecule has 2 aliphatic heterocycles. The van der Waals surface area contributed by atoms with Crippen molar-refractivity contribution in [1.29, 1.82) is 0 Å². The molecule has 1 N–H and O–H groups in total. The van der Waals surface area contributed by atoms with Gasteiger partial charge in [-0.25, -0.2) is 9.98 Å². The van der Waals surface area contributed by atoms with Crippen molar-refractivity contribution in [2.24, 2.45) is 4.99 Å². The Labute approximate surface area is 225 Å². The maximum absolute atomic E-state index is 5.18. The minimum absolute atomic E-state index is 0. The number of thiazole rings is 1. The Morgan fingerprint density at radius 3 is 2.57 bits per heavy atom. The average molecular weight is 533 g/mol. The van der Waals surface area contributed by atoms with E-state index < -0.39 is 0 Å². The van der Waals surface area contributed by atoms with Gasteiger partial charge in [0.15, 0.2) is 5.84 Å². The number of aryl methyl sites for hydroxylation is 2. The Bertz CT molecular complexity index is 1120. The van der Waals surface area contributed by atoms with Gasteiger partial charge in [-0.3, -0.25) is 4.90 Å². The van der Waals surface area contributed by atoms with Gasteiger partial charge in [0.2, 0.25) is 0 Å². The lowest BCUT2D eigenvalue weighted by Gasteiger charge is -2.40. The van der Waals surface area contributed by atoms with Crippen molar-refractivity contribution in [3.8, 4) is 0 Å². The number of hydrogen-bond acceptors (Lipinski definition) is 6. The third-order valence-electron chi connectivity index (χ3n) is 6.69. The molecule has 0 aliphatic carbocycles. The van der Waals surface area contributed by atoms with Gasteiger partial charge in [0.05, 0.1) is 16.4 Å². The number of halogens is 2. The molecular formula is C27H35Cl2N5S. The van der Waals surface area contributed by atoms with Crippen LogP contribution in [0, 0.1) is 0 Å². The standard InChI is InChI=1S/C27H33N5S.2ClH/c1-3-4-14-24-30-25-26(28-22-12-8-9-13-23(22)29-27(25)33-24)32-18-17-31(2)21(19-32)16-15-20-10-6-5-7-11-20;;/h5-13,21,29H,3-4,14-19H2,1-2H3;2*1H/t21-;;/m0../s1. The first-order valence-corrected chi connectivity index (χ1v) is 13.0. The predicted octanol–water partition coefficient (Wildman–Crippen LogP) is 6.71. The first-order chi connectivity index (χ1) is 16.2. The lowest BCUT2D eigenvalue weighted by Crippen LogP contribution is -2.53. The van der Waals surface area contributed by atoms with E-state index in [0.717, 1.165) is 66.8 Å². The van der Waals surface area contributed by atoms with Gasteiger partial charge in [0.1, 0.15) is 10.7 Å². The molecule has 2 aromatic carbocycles. The predicted molar refractivity (Wildman–Crippen MR) is 154 cm³/mol. The van der Waals surface area contributed by atoms with E-state index in [0.29, 0.717) is 6.04 Å². The number of unbranched alkanes of at least 4 members (excludes halogenated alkanes) is 1. The fraction of sp³-hybridized carbons (Fsp3) is 0.407. The summed E-state index contributed by atoms with van der Waals surface area (Å²) in [7, 11) is 2.26. The van der Waals surface area contributed by atoms with Gasteiger partial charge in [-0.2, -0.15) is 0 Å². The summed E-state index contributed by atoms with van der Waals surface area (Å²) in [5.74, 6) is 1.03. The van der Waals surface area contributed by atoms with Crippen LogP contribution >= 0.6 is 36.2 Å². The quantitative estimate of drug-likeness (QED) is 0.383. The number of likely N-dealkylation sites (N-methyl/N-ethyl adjacent to an activating group) is 1. The Balaban J connectivity index is 0.00000171. The highest BCUT2D eigenvalue weighted by atomic mass is 35.5. The maximum atomic E-state index is 5.18. The van der Waals surface area contributed by atoms with Crippen LogP contribution < -0.4 is 5.32 Å². The fourth-order valence-electron chi connectivity index (χ4n) is 4.65. The molecule has 1 fully saturated rings. The van der Waals surface area contributed by atoms with E-state index in [1.54, 1.807) is 11.3 Å². The van der Waals surface area contributed by atoms with Crippen molar-refractivity contribution in [3.05, 3.63) is 70.9 Å². The second kappa shape index (κ2) is 12.7. The van der Waals surface area contributed by atoms with E-state index >= 15 is 0 Å². The molecule has 0 radical (unpaired) electrons. The summed E-state index contributed by atoms with van der Waals surface area (Å²) in [6.45, 7) is 5.22. The number of benzene rings is 2. The number of fused-ring (bicyclic) bond motifs is 2. The van der Waals surface area contributed by atoms with Crippen LogP contribution in [0.5, 0.6) is 0 Å². The van der Waals surface area contributed by atoms with E-state index in [2.05, 4.69) is 83.7 Å². The second-order valence-corrected chi connectivity index (χ2v) is 10.2. The average Bonchev–Trinajstić information content (AvgIpc) is 3.17. The molecule has 8 heteroatoms. The van der Waals surface area contributed by atoms with E-state index in [-0.39, 0.29) is 24.8 Å². The fourth-order valence-corrected chi connectivity index (χ4v) is 5.66. The third-order valence-corrected chi connectivity index (χ3v) is 7.72. The van der Waals surface area contributed by atoms with Crippen molar-refractivity contribution in [3.63, 3.8) is 0 Å². The second-order valence-electron chi connectivity index (χ2n) is 9.07. The summed E-state index contributed by atoms with van der Waals surface area (Å²) in [5.41, 5.74) is 4.49. The van der Waals surface area contributed by atoms with Crippen molar-refractivity contribution >= 4 is 58.4 Å². The zero-order valence-electron chi connectivity index (χ0n) is 20.4. The Morgan fingerprint density at radius 1 is 1.00 bits per heavy atom. The number of nitrogens with one attached hydrogen (secondary N) is 1. The van der Waals surface area contributed by atoms with Crippen LogP contribution in [-0.2, 0) is 12.8 Å². The highest BCUT2D eigenvalue weighted by molar-refractivity contribution is 7.16. The van der Waals surface area contributed by atoms with Gasteiger partial charge < -0.3 is 10.2 Å². The van der Waals surface area contributed by atoms with Crippen molar-refractivity contribution in [2.45, 2.75) is 45.1 Å². The molecule has 3 heterocycles. The minimum atomic E-state index is 0. The molecule has 1 saturated heterocycles. The number of anilines is 2. The summed E-state index contributed by atoms with van der Waals surface area (Å²) in [5, 5.41) is 5.97. The van der Waals surface area contributed by atoms with Crippen LogP contribution in [0.1, 0.15) is 42.5 Å². The van der Waals surface area contributed by atoms with Crippen LogP contribution in [0.3, 0.4) is 0 Å². The number of aliphatic imine (C=N–C) groups is 1. The van der Waals surface area contributed by atoms with E-state index in [9.17, 15) is 0 Å². The smallest absolute Gasteiger partial charge is 0.158 e. The molecule has 0 amide bonds. The molecule has 0 saturated carbocycles. The van der Waals surface area contributed by atoms with E-state index in [1.807, 2.05) is 0 Å². The number of aromatic nitrogens is 1. The highest BCUT2D eigenvalue weighted by Gasteiger charge is 2.31. The summed E-state index contributed by atoms with van der Waals surface area (Å²) in [4.78, 5) is 15.3. The normalized spacial score (nSPS) is 17.1. The SMILES string of the molecule is CCCCc1nc2c(s1)Nc1ccccc1N=C2N1CCN(C)[C@@H](CCc2ccccc2)C1.Cl.Cl. The van der Waals surface area contributed by atoms with E-state index in [4.69, 9.17) is 9.98 Å². The largest absolute Gasteiger partial charge is 0.352 e. The van der Waals surface area contributed by atoms with Crippen molar-refractivity contribution < 1.29 is 0 Å². The third kappa shape index (κ3) is 6.36. The van der Waals surface area contributed by atoms with Gasteiger partial charge in [-0.1, -0.05) is 55.8 Å². The number of piperazine rings is 1. The van der Waals surface area contributed by atoms with Gasteiger partial charge in [0.25, 0.3) is 0 Å². The molecule has 5 rings (SSSR count). The van der Waals surface area contributed by atoms with E-state index in [1.165, 1.54) is 23.4 Å². The molecule has 1 aromatic heterocycles. The molecular weight excluding hydrogens is 497 g/mol. The Kier molecular flexibility index (Phi) is 9.99. The van der Waals surface area contributed by atoms with Gasteiger partial charge in [-0.15, -0.1) is 36.2 Å².